The van der Waals surface area contributed by atoms with Gasteiger partial charge in [0.15, 0.2) is 0 Å². The van der Waals surface area contributed by atoms with Crippen molar-refractivity contribution in [2.75, 3.05) is 29.9 Å². The Morgan fingerprint density at radius 2 is 1.64 bits per heavy atom. The number of hydrogen-bond acceptors (Lipinski definition) is 2. The van der Waals surface area contributed by atoms with Crippen LogP contribution in [-0.2, 0) is 12.8 Å². The van der Waals surface area contributed by atoms with Crippen LogP contribution in [0.3, 0.4) is 0 Å². The van der Waals surface area contributed by atoms with E-state index in [2.05, 4.69) is 65.7 Å². The van der Waals surface area contributed by atoms with Crippen LogP contribution in [0.1, 0.15) is 50.2 Å². The lowest BCUT2D eigenvalue weighted by Gasteiger charge is -2.31. The monoisotopic (exact) mass is 336 g/mol. The average Bonchev–Trinajstić information content (AvgIpc) is 2.69. The molecule has 0 saturated heterocycles. The van der Waals surface area contributed by atoms with Crippen LogP contribution in [0.5, 0.6) is 0 Å². The minimum Gasteiger partial charge on any atom is -0.385 e. The van der Waals surface area contributed by atoms with Gasteiger partial charge in [0.05, 0.1) is 0 Å². The number of fused-ring (bicyclic) bond motifs is 2. The number of aryl methyl sites for hydroxylation is 2. The minimum absolute atomic E-state index is 1.14. The Labute approximate surface area is 153 Å². The molecule has 2 aromatic rings. The third kappa shape index (κ3) is 5.01. The summed E-state index contributed by atoms with van der Waals surface area (Å²) in [6.45, 7) is 5.90. The summed E-state index contributed by atoms with van der Waals surface area (Å²) in [5, 5.41) is 3.36. The molecular weight excluding hydrogens is 304 g/mol. The Balaban J connectivity index is 0.000000157. The van der Waals surface area contributed by atoms with Crippen molar-refractivity contribution >= 4 is 11.4 Å². The normalized spacial score (nSPS) is 15.3. The number of anilines is 2. The van der Waals surface area contributed by atoms with E-state index in [4.69, 9.17) is 0 Å². The second-order valence-corrected chi connectivity index (χ2v) is 7.11. The summed E-state index contributed by atoms with van der Waals surface area (Å²) >= 11 is 0. The zero-order valence-corrected chi connectivity index (χ0v) is 15.6. The lowest BCUT2D eigenvalue weighted by atomic mass is 10.0. The molecule has 0 aromatic heterocycles. The largest absolute Gasteiger partial charge is 0.385 e. The first kappa shape index (κ1) is 17.8. The number of para-hydroxylation sites is 2. The SMILES string of the molecule is CCCCCN1CCCc2ccccc21.c1ccc2c(c1)CCCN2. The highest BCUT2D eigenvalue weighted by Gasteiger charge is 2.14. The van der Waals surface area contributed by atoms with Gasteiger partial charge in [-0.1, -0.05) is 56.2 Å². The number of rotatable bonds is 4. The van der Waals surface area contributed by atoms with Gasteiger partial charge in [-0.3, -0.25) is 0 Å². The number of nitrogens with zero attached hydrogens (tertiary/aromatic N) is 1. The molecule has 4 rings (SSSR count). The molecule has 25 heavy (non-hydrogen) atoms. The van der Waals surface area contributed by atoms with Gasteiger partial charge < -0.3 is 10.2 Å². The fourth-order valence-electron chi connectivity index (χ4n) is 3.81. The summed E-state index contributed by atoms with van der Waals surface area (Å²) in [6, 6.07) is 17.4. The Morgan fingerprint density at radius 1 is 0.880 bits per heavy atom. The fraction of sp³-hybridized carbons (Fsp3) is 0.478. The average molecular weight is 337 g/mol. The summed E-state index contributed by atoms with van der Waals surface area (Å²) in [4.78, 5) is 2.56. The van der Waals surface area contributed by atoms with E-state index in [1.54, 1.807) is 5.56 Å². The van der Waals surface area contributed by atoms with E-state index < -0.39 is 0 Å². The van der Waals surface area contributed by atoms with Crippen LogP contribution in [-0.4, -0.2) is 19.6 Å². The first-order valence-corrected chi connectivity index (χ1v) is 10.0. The van der Waals surface area contributed by atoms with E-state index in [0.717, 1.165) is 6.54 Å². The van der Waals surface area contributed by atoms with Gasteiger partial charge >= 0.3 is 0 Å². The van der Waals surface area contributed by atoms with Crippen molar-refractivity contribution in [3.05, 3.63) is 59.7 Å². The molecule has 0 aliphatic carbocycles. The molecule has 0 fully saturated rings. The van der Waals surface area contributed by atoms with E-state index in [1.807, 2.05) is 0 Å². The molecule has 0 unspecified atom stereocenters. The van der Waals surface area contributed by atoms with Gasteiger partial charge in [0.2, 0.25) is 0 Å². The summed E-state index contributed by atoms with van der Waals surface area (Å²) < 4.78 is 0. The maximum atomic E-state index is 3.36. The number of hydrogen-bond donors (Lipinski definition) is 1. The Hall–Kier alpha value is -1.96. The van der Waals surface area contributed by atoms with Gasteiger partial charge in [-0.15, -0.1) is 0 Å². The second kappa shape index (κ2) is 9.50. The van der Waals surface area contributed by atoms with E-state index in [1.165, 1.54) is 75.0 Å². The van der Waals surface area contributed by atoms with Crippen molar-refractivity contribution in [1.82, 2.24) is 0 Å². The van der Waals surface area contributed by atoms with Crippen LogP contribution in [0.25, 0.3) is 0 Å². The van der Waals surface area contributed by atoms with Crippen LogP contribution in [0.4, 0.5) is 11.4 Å². The molecule has 0 spiro atoms. The molecule has 0 amide bonds. The standard InChI is InChI=1S/C14H21N.C9H11N/c1-2-3-6-11-15-12-7-9-13-8-4-5-10-14(13)15;1-2-6-9-8(4-1)5-3-7-10-9/h4-5,8,10H,2-3,6-7,9,11-12H2,1H3;1-2,4,6,10H,3,5,7H2. The third-order valence-corrected chi connectivity index (χ3v) is 5.19. The molecule has 0 bridgehead atoms. The molecule has 1 N–H and O–H groups in total. The van der Waals surface area contributed by atoms with E-state index in [-0.39, 0.29) is 0 Å². The predicted molar refractivity (Wildman–Crippen MR) is 110 cm³/mol. The summed E-state index contributed by atoms with van der Waals surface area (Å²) in [5.41, 5.74) is 5.82. The first-order chi connectivity index (χ1) is 12.4. The fourth-order valence-corrected chi connectivity index (χ4v) is 3.81. The molecule has 2 heterocycles. The van der Waals surface area contributed by atoms with Gasteiger partial charge in [-0.25, -0.2) is 0 Å². The molecule has 0 atom stereocenters. The maximum Gasteiger partial charge on any atom is 0.0398 e. The predicted octanol–water partition coefficient (Wildman–Crippen LogP) is 5.67. The van der Waals surface area contributed by atoms with Crippen LogP contribution in [0.15, 0.2) is 48.5 Å². The Bertz CT molecular complexity index is 625. The van der Waals surface area contributed by atoms with Crippen molar-refractivity contribution in [3.63, 3.8) is 0 Å². The molecule has 2 aliphatic heterocycles. The van der Waals surface area contributed by atoms with Gasteiger partial charge in [0.25, 0.3) is 0 Å². The van der Waals surface area contributed by atoms with Gasteiger partial charge in [0, 0.05) is 31.0 Å². The van der Waals surface area contributed by atoms with E-state index in [9.17, 15) is 0 Å². The molecule has 2 nitrogen and oxygen atoms in total. The molecular formula is C23H32N2. The summed E-state index contributed by atoms with van der Waals surface area (Å²) in [6.07, 6.45) is 9.11. The zero-order valence-electron chi connectivity index (χ0n) is 15.6. The molecule has 134 valence electrons. The number of nitrogens with one attached hydrogen (secondary N) is 1. The highest BCUT2D eigenvalue weighted by Crippen LogP contribution is 2.26. The van der Waals surface area contributed by atoms with Crippen molar-refractivity contribution < 1.29 is 0 Å². The third-order valence-electron chi connectivity index (χ3n) is 5.19. The quantitative estimate of drug-likeness (QED) is 0.723. The van der Waals surface area contributed by atoms with Crippen LogP contribution in [0.2, 0.25) is 0 Å². The molecule has 0 radical (unpaired) electrons. The first-order valence-electron chi connectivity index (χ1n) is 10.0. The van der Waals surface area contributed by atoms with Crippen molar-refractivity contribution in [3.8, 4) is 0 Å². The van der Waals surface area contributed by atoms with Crippen molar-refractivity contribution in [1.29, 1.82) is 0 Å². The van der Waals surface area contributed by atoms with Gasteiger partial charge in [-0.2, -0.15) is 0 Å². The molecule has 2 aromatic carbocycles. The summed E-state index contributed by atoms with van der Waals surface area (Å²) in [5.74, 6) is 0. The van der Waals surface area contributed by atoms with E-state index in [0.29, 0.717) is 0 Å². The molecule has 0 saturated carbocycles. The second-order valence-electron chi connectivity index (χ2n) is 7.11. The summed E-state index contributed by atoms with van der Waals surface area (Å²) in [7, 11) is 0. The lowest BCUT2D eigenvalue weighted by Crippen LogP contribution is -2.30. The maximum absolute atomic E-state index is 3.36. The zero-order chi connectivity index (χ0) is 17.3. The van der Waals surface area contributed by atoms with Crippen molar-refractivity contribution in [2.45, 2.75) is 51.9 Å². The molecule has 2 aliphatic rings. The van der Waals surface area contributed by atoms with Crippen LogP contribution < -0.4 is 10.2 Å². The Morgan fingerprint density at radius 3 is 2.48 bits per heavy atom. The minimum atomic E-state index is 1.14. The highest BCUT2D eigenvalue weighted by atomic mass is 15.1. The van der Waals surface area contributed by atoms with Gasteiger partial charge in [-0.05, 0) is 55.4 Å². The number of benzene rings is 2. The van der Waals surface area contributed by atoms with Gasteiger partial charge in [0.1, 0.15) is 0 Å². The lowest BCUT2D eigenvalue weighted by molar-refractivity contribution is 0.638. The topological polar surface area (TPSA) is 15.3 Å². The van der Waals surface area contributed by atoms with Crippen LogP contribution >= 0.6 is 0 Å². The van der Waals surface area contributed by atoms with Crippen molar-refractivity contribution in [2.24, 2.45) is 0 Å². The molecule has 2 heteroatoms. The number of unbranched alkanes of at least 4 members (excludes halogenated alkanes) is 2. The Kier molecular flexibility index (Phi) is 6.79. The van der Waals surface area contributed by atoms with Crippen LogP contribution in [0, 0.1) is 0 Å². The van der Waals surface area contributed by atoms with E-state index >= 15 is 0 Å². The highest BCUT2D eigenvalue weighted by molar-refractivity contribution is 5.55. The smallest absolute Gasteiger partial charge is 0.0398 e.